The Morgan fingerprint density at radius 3 is 2.56 bits per heavy atom. The van der Waals surface area contributed by atoms with Crippen LogP contribution >= 0.6 is 0 Å². The van der Waals surface area contributed by atoms with Crippen LogP contribution in [0.5, 0.6) is 0 Å². The lowest BCUT2D eigenvalue weighted by Gasteiger charge is -2.08. The van der Waals surface area contributed by atoms with E-state index in [-0.39, 0.29) is 0 Å². The zero-order chi connectivity index (χ0) is 13.0. The molecule has 0 unspecified atom stereocenters. The molecule has 0 aliphatic carbocycles. The number of benzene rings is 1. The van der Waals surface area contributed by atoms with Crippen molar-refractivity contribution in [2.75, 3.05) is 16.8 Å². The highest BCUT2D eigenvalue weighted by molar-refractivity contribution is 5.65. The number of aromatic nitrogens is 1. The second-order valence-corrected chi connectivity index (χ2v) is 3.87. The Labute approximate surface area is 105 Å². The van der Waals surface area contributed by atoms with Crippen molar-refractivity contribution < 1.29 is 0 Å². The molecule has 90 valence electrons. The summed E-state index contributed by atoms with van der Waals surface area (Å²) in [4.78, 5) is 4.11. The van der Waals surface area contributed by atoms with Gasteiger partial charge in [-0.05, 0) is 23.8 Å². The largest absolute Gasteiger partial charge is 0.397 e. The number of nitrogen functional groups attached to an aromatic ring is 2. The minimum atomic E-state index is 0.517. The summed E-state index contributed by atoms with van der Waals surface area (Å²) in [6, 6.07) is 11.1. The average Bonchev–Trinajstić information content (AvgIpc) is 2.38. The van der Waals surface area contributed by atoms with Gasteiger partial charge in [-0.15, -0.1) is 0 Å². The van der Waals surface area contributed by atoms with Crippen molar-refractivity contribution in [3.8, 4) is 6.07 Å². The van der Waals surface area contributed by atoms with Crippen LogP contribution in [0.3, 0.4) is 0 Å². The Hall–Kier alpha value is -2.74. The van der Waals surface area contributed by atoms with E-state index in [1.165, 1.54) is 0 Å². The van der Waals surface area contributed by atoms with Crippen LogP contribution in [-0.4, -0.2) is 4.98 Å². The normalized spacial score (nSPS) is 9.72. The van der Waals surface area contributed by atoms with Gasteiger partial charge >= 0.3 is 0 Å². The number of hydrogen-bond acceptors (Lipinski definition) is 5. The summed E-state index contributed by atoms with van der Waals surface area (Å²) >= 11 is 0. The Kier molecular flexibility index (Phi) is 3.30. The van der Waals surface area contributed by atoms with E-state index < -0.39 is 0 Å². The van der Waals surface area contributed by atoms with E-state index in [0.717, 1.165) is 5.56 Å². The van der Waals surface area contributed by atoms with Gasteiger partial charge in [0.15, 0.2) is 0 Å². The van der Waals surface area contributed by atoms with Gasteiger partial charge in [-0.25, -0.2) is 4.98 Å². The standard InChI is InChI=1S/C13H13N5/c14-6-9-1-3-10(4-2-9)7-17-13-12(16)5-11(15)8-18-13/h1-5,8H,7,15-16H2,(H,17,18). The lowest BCUT2D eigenvalue weighted by molar-refractivity contribution is 1.11. The van der Waals surface area contributed by atoms with Gasteiger partial charge in [-0.3, -0.25) is 0 Å². The summed E-state index contributed by atoms with van der Waals surface area (Å²) in [5, 5.41) is 11.8. The van der Waals surface area contributed by atoms with Crippen molar-refractivity contribution in [3.63, 3.8) is 0 Å². The van der Waals surface area contributed by atoms with Crippen molar-refractivity contribution in [3.05, 3.63) is 47.7 Å². The summed E-state index contributed by atoms with van der Waals surface area (Å²) in [5.41, 5.74) is 14.1. The predicted molar refractivity (Wildman–Crippen MR) is 71.5 cm³/mol. The number of nitrogens with zero attached hydrogens (tertiary/aromatic N) is 2. The first-order chi connectivity index (χ1) is 8.69. The molecule has 0 atom stereocenters. The van der Waals surface area contributed by atoms with Gasteiger partial charge in [0.2, 0.25) is 0 Å². The van der Waals surface area contributed by atoms with Crippen LogP contribution in [0.25, 0.3) is 0 Å². The van der Waals surface area contributed by atoms with Crippen LogP contribution < -0.4 is 16.8 Å². The van der Waals surface area contributed by atoms with Crippen molar-refractivity contribution in [2.45, 2.75) is 6.54 Å². The molecule has 2 aromatic rings. The maximum absolute atomic E-state index is 8.69. The lowest BCUT2D eigenvalue weighted by Crippen LogP contribution is -2.05. The molecular weight excluding hydrogens is 226 g/mol. The number of pyridine rings is 1. The third-order valence-electron chi connectivity index (χ3n) is 2.48. The number of hydrogen-bond donors (Lipinski definition) is 3. The third kappa shape index (κ3) is 2.68. The van der Waals surface area contributed by atoms with Crippen molar-refractivity contribution in [2.24, 2.45) is 0 Å². The number of nitrogens with one attached hydrogen (secondary N) is 1. The molecule has 5 N–H and O–H groups in total. The van der Waals surface area contributed by atoms with Crippen molar-refractivity contribution in [1.82, 2.24) is 4.98 Å². The fourth-order valence-corrected chi connectivity index (χ4v) is 1.53. The second-order valence-electron chi connectivity index (χ2n) is 3.87. The van der Waals surface area contributed by atoms with E-state index in [0.29, 0.717) is 29.3 Å². The summed E-state index contributed by atoms with van der Waals surface area (Å²) in [5.74, 6) is 0.605. The highest BCUT2D eigenvalue weighted by Crippen LogP contribution is 2.18. The predicted octanol–water partition coefficient (Wildman–Crippen LogP) is 1.73. The fourth-order valence-electron chi connectivity index (χ4n) is 1.53. The molecule has 0 amide bonds. The monoisotopic (exact) mass is 239 g/mol. The summed E-state index contributed by atoms with van der Waals surface area (Å²) in [7, 11) is 0. The molecule has 0 aliphatic rings. The molecule has 0 aliphatic heterocycles. The number of nitriles is 1. The quantitative estimate of drug-likeness (QED) is 0.757. The molecule has 0 saturated heterocycles. The molecule has 1 heterocycles. The van der Waals surface area contributed by atoms with E-state index in [2.05, 4.69) is 16.4 Å². The van der Waals surface area contributed by atoms with Crippen LogP contribution in [-0.2, 0) is 6.54 Å². The number of nitrogens with two attached hydrogens (primary N) is 2. The Balaban J connectivity index is 2.04. The van der Waals surface area contributed by atoms with E-state index in [1.807, 2.05) is 12.1 Å². The zero-order valence-corrected chi connectivity index (χ0v) is 9.72. The maximum Gasteiger partial charge on any atom is 0.149 e. The molecule has 0 bridgehead atoms. The minimum absolute atomic E-state index is 0.517. The van der Waals surface area contributed by atoms with Crippen LogP contribution in [0.4, 0.5) is 17.2 Å². The Bertz CT molecular complexity index is 583. The molecule has 0 radical (unpaired) electrons. The van der Waals surface area contributed by atoms with Crippen LogP contribution in [0, 0.1) is 11.3 Å². The van der Waals surface area contributed by atoms with Crippen molar-refractivity contribution >= 4 is 17.2 Å². The van der Waals surface area contributed by atoms with Crippen LogP contribution in [0.2, 0.25) is 0 Å². The summed E-state index contributed by atoms with van der Waals surface area (Å²) in [6.45, 7) is 0.590. The second kappa shape index (κ2) is 5.06. The van der Waals surface area contributed by atoms with E-state index in [9.17, 15) is 0 Å². The molecule has 0 saturated carbocycles. The minimum Gasteiger partial charge on any atom is -0.397 e. The van der Waals surface area contributed by atoms with E-state index >= 15 is 0 Å². The highest BCUT2D eigenvalue weighted by Gasteiger charge is 2.01. The summed E-state index contributed by atoms with van der Waals surface area (Å²) < 4.78 is 0. The number of anilines is 3. The molecule has 5 nitrogen and oxygen atoms in total. The van der Waals surface area contributed by atoms with Crippen LogP contribution in [0.15, 0.2) is 36.5 Å². The molecule has 0 spiro atoms. The van der Waals surface area contributed by atoms with Crippen molar-refractivity contribution in [1.29, 1.82) is 5.26 Å². The van der Waals surface area contributed by atoms with Gasteiger partial charge in [0.1, 0.15) is 5.82 Å². The average molecular weight is 239 g/mol. The maximum atomic E-state index is 8.69. The van der Waals surface area contributed by atoms with Gasteiger partial charge in [-0.1, -0.05) is 12.1 Å². The highest BCUT2D eigenvalue weighted by atomic mass is 15.0. The van der Waals surface area contributed by atoms with E-state index in [4.69, 9.17) is 16.7 Å². The Morgan fingerprint density at radius 2 is 1.94 bits per heavy atom. The molecule has 1 aromatic heterocycles. The first-order valence-electron chi connectivity index (χ1n) is 5.43. The third-order valence-corrected chi connectivity index (χ3v) is 2.48. The molecular formula is C13H13N5. The zero-order valence-electron chi connectivity index (χ0n) is 9.72. The molecule has 0 fully saturated rings. The van der Waals surface area contributed by atoms with Gasteiger partial charge in [0, 0.05) is 6.54 Å². The molecule has 18 heavy (non-hydrogen) atoms. The van der Waals surface area contributed by atoms with Gasteiger partial charge in [-0.2, -0.15) is 5.26 Å². The lowest BCUT2D eigenvalue weighted by atomic mass is 10.1. The van der Waals surface area contributed by atoms with Crippen LogP contribution in [0.1, 0.15) is 11.1 Å². The molecule has 5 heteroatoms. The summed E-state index contributed by atoms with van der Waals surface area (Å²) in [6.07, 6.45) is 1.55. The first-order valence-corrected chi connectivity index (χ1v) is 5.43. The topological polar surface area (TPSA) is 101 Å². The smallest absolute Gasteiger partial charge is 0.149 e. The van der Waals surface area contributed by atoms with E-state index in [1.54, 1.807) is 24.4 Å². The molecule has 2 rings (SSSR count). The van der Waals surface area contributed by atoms with Gasteiger partial charge < -0.3 is 16.8 Å². The molecule has 1 aromatic carbocycles. The fraction of sp³-hybridized carbons (Fsp3) is 0.0769. The Morgan fingerprint density at radius 1 is 1.22 bits per heavy atom. The number of rotatable bonds is 3. The van der Waals surface area contributed by atoms with Gasteiger partial charge in [0.25, 0.3) is 0 Å². The first kappa shape index (κ1) is 11.7. The SMILES string of the molecule is N#Cc1ccc(CNc2ncc(N)cc2N)cc1. The van der Waals surface area contributed by atoms with Gasteiger partial charge in [0.05, 0.1) is 29.2 Å².